The molecular weight excluding hydrogens is 92.5 g/mol. The van der Waals surface area contributed by atoms with E-state index in [1.807, 2.05) is 0 Å². The standard InChI is InChI=1S/C2H5ClFN/c3-5-2-1-4/h5H,1-2H2. The maximum absolute atomic E-state index is 10.8. The molecule has 0 aromatic rings. The van der Waals surface area contributed by atoms with Crippen molar-refractivity contribution in [3.8, 4) is 0 Å². The number of hydrogen-bond acceptors (Lipinski definition) is 1. The van der Waals surface area contributed by atoms with E-state index in [0.29, 0.717) is 0 Å². The minimum atomic E-state index is -0.399. The fraction of sp³-hybridized carbons (Fsp3) is 1.00. The van der Waals surface area contributed by atoms with Crippen molar-refractivity contribution < 1.29 is 4.39 Å². The molecule has 0 amide bonds. The summed E-state index contributed by atoms with van der Waals surface area (Å²) in [6.45, 7) is -0.162. The molecule has 0 aliphatic rings. The highest BCUT2D eigenvalue weighted by molar-refractivity contribution is 6.13. The zero-order chi connectivity index (χ0) is 4.12. The quantitative estimate of drug-likeness (QED) is 0.500. The van der Waals surface area contributed by atoms with Gasteiger partial charge >= 0.3 is 0 Å². The third kappa shape index (κ3) is 4.18. The Morgan fingerprint density at radius 2 is 2.40 bits per heavy atom. The molecule has 0 spiro atoms. The normalized spacial score (nSPS) is 8.40. The summed E-state index contributed by atoms with van der Waals surface area (Å²) < 4.78 is 10.8. The van der Waals surface area contributed by atoms with Crippen molar-refractivity contribution in [1.29, 1.82) is 0 Å². The van der Waals surface area contributed by atoms with Crippen molar-refractivity contribution in [2.24, 2.45) is 0 Å². The number of rotatable bonds is 2. The first-order valence-corrected chi connectivity index (χ1v) is 1.69. The molecule has 0 atom stereocenters. The summed E-state index contributed by atoms with van der Waals surface area (Å²) in [6, 6.07) is 0. The lowest BCUT2D eigenvalue weighted by molar-refractivity contribution is 0.495. The molecule has 1 nitrogen and oxygen atoms in total. The molecule has 32 valence electrons. The molecule has 0 radical (unpaired) electrons. The van der Waals surface area contributed by atoms with Gasteiger partial charge in [0.15, 0.2) is 0 Å². The topological polar surface area (TPSA) is 12.0 Å². The van der Waals surface area contributed by atoms with E-state index in [0.717, 1.165) is 0 Å². The molecule has 0 bridgehead atoms. The second-order valence-electron chi connectivity index (χ2n) is 0.573. The Hall–Kier alpha value is 0.180. The zero-order valence-electron chi connectivity index (χ0n) is 2.67. The van der Waals surface area contributed by atoms with Crippen molar-refractivity contribution in [3.63, 3.8) is 0 Å². The second-order valence-corrected chi connectivity index (χ2v) is 0.840. The molecule has 1 N–H and O–H groups in total. The third-order valence-electron chi connectivity index (χ3n) is 0.189. The molecule has 0 saturated carbocycles. The minimum Gasteiger partial charge on any atom is -0.250 e. The van der Waals surface area contributed by atoms with Gasteiger partial charge in [0.2, 0.25) is 0 Å². The molecule has 0 rings (SSSR count). The summed E-state index contributed by atoms with van der Waals surface area (Å²) in [6.07, 6.45) is 0. The lowest BCUT2D eigenvalue weighted by Crippen LogP contribution is -2.00. The van der Waals surface area contributed by atoms with Crippen LogP contribution in [0.25, 0.3) is 0 Å². The van der Waals surface area contributed by atoms with Crippen LogP contribution in [0, 0.1) is 0 Å². The smallest absolute Gasteiger partial charge is 0.103 e. The number of nitrogens with one attached hydrogen (secondary N) is 1. The van der Waals surface area contributed by atoms with Crippen LogP contribution < -0.4 is 4.84 Å². The summed E-state index contributed by atoms with van der Waals surface area (Å²) in [5, 5.41) is 0. The predicted octanol–water partition coefficient (Wildman–Crippen LogP) is 0.699. The van der Waals surface area contributed by atoms with Crippen LogP contribution in [-0.4, -0.2) is 13.2 Å². The molecule has 3 heteroatoms. The summed E-state index contributed by atoms with van der Waals surface area (Å²) in [5.41, 5.74) is 0. The van der Waals surface area contributed by atoms with Crippen LogP contribution in [0.5, 0.6) is 0 Å². The minimum absolute atomic E-state index is 0.238. The van der Waals surface area contributed by atoms with Gasteiger partial charge in [-0.05, 0) is 11.8 Å². The summed E-state index contributed by atoms with van der Waals surface area (Å²) in [7, 11) is 0. The number of halogens is 2. The number of hydrogen-bond donors (Lipinski definition) is 1. The van der Waals surface area contributed by atoms with Crippen LogP contribution in [0.15, 0.2) is 0 Å². The van der Waals surface area contributed by atoms with Crippen LogP contribution in [-0.2, 0) is 0 Å². The molecule has 0 aliphatic carbocycles. The number of alkyl halides is 1. The molecule has 0 aliphatic heterocycles. The van der Waals surface area contributed by atoms with Gasteiger partial charge in [-0.15, -0.1) is 0 Å². The van der Waals surface area contributed by atoms with Gasteiger partial charge in [-0.2, -0.15) is 0 Å². The fourth-order valence-corrected chi connectivity index (χ4v) is 0.107. The average Bonchev–Trinajstić information content (AvgIpc) is 1.41. The Labute approximate surface area is 35.2 Å². The monoisotopic (exact) mass is 97.0 g/mol. The average molecular weight is 97.5 g/mol. The second kappa shape index (κ2) is 4.18. The third-order valence-corrected chi connectivity index (χ3v) is 0.378. The largest absolute Gasteiger partial charge is 0.250 e. The van der Waals surface area contributed by atoms with Gasteiger partial charge in [0.1, 0.15) is 6.67 Å². The summed E-state index contributed by atoms with van der Waals surface area (Å²) in [5.74, 6) is 0. The van der Waals surface area contributed by atoms with Crippen LogP contribution >= 0.6 is 11.8 Å². The van der Waals surface area contributed by atoms with Gasteiger partial charge in [0.25, 0.3) is 0 Å². The highest BCUT2D eigenvalue weighted by Crippen LogP contribution is 1.62. The van der Waals surface area contributed by atoms with E-state index in [2.05, 4.69) is 4.84 Å². The molecule has 0 aromatic heterocycles. The molecule has 0 unspecified atom stereocenters. The summed E-state index contributed by atoms with van der Waals surface area (Å²) in [4.78, 5) is 2.11. The first kappa shape index (κ1) is 5.18. The Balaban J connectivity index is 2.19. The molecule has 5 heavy (non-hydrogen) atoms. The van der Waals surface area contributed by atoms with Crippen LogP contribution in [0.1, 0.15) is 0 Å². The molecule has 0 heterocycles. The maximum Gasteiger partial charge on any atom is 0.103 e. The lowest BCUT2D eigenvalue weighted by atomic mass is 10.8. The van der Waals surface area contributed by atoms with E-state index < -0.39 is 6.67 Å². The van der Waals surface area contributed by atoms with E-state index in [4.69, 9.17) is 11.8 Å². The van der Waals surface area contributed by atoms with Crippen LogP contribution in [0.2, 0.25) is 0 Å². The zero-order valence-corrected chi connectivity index (χ0v) is 3.43. The van der Waals surface area contributed by atoms with Crippen molar-refractivity contribution in [2.75, 3.05) is 13.2 Å². The Bertz CT molecular complexity index is 17.1. The van der Waals surface area contributed by atoms with Gasteiger partial charge in [-0.3, -0.25) is 0 Å². The Morgan fingerprint density at radius 1 is 1.80 bits per heavy atom. The lowest BCUT2D eigenvalue weighted by Gasteiger charge is -1.78. The maximum atomic E-state index is 10.8. The van der Waals surface area contributed by atoms with E-state index in [1.165, 1.54) is 0 Å². The van der Waals surface area contributed by atoms with Crippen molar-refractivity contribution in [2.45, 2.75) is 0 Å². The Kier molecular flexibility index (Phi) is 4.33. The molecule has 0 aromatic carbocycles. The van der Waals surface area contributed by atoms with E-state index in [9.17, 15) is 4.39 Å². The highest BCUT2D eigenvalue weighted by Gasteiger charge is 1.70. The van der Waals surface area contributed by atoms with E-state index >= 15 is 0 Å². The van der Waals surface area contributed by atoms with Crippen molar-refractivity contribution in [1.82, 2.24) is 4.84 Å². The van der Waals surface area contributed by atoms with Gasteiger partial charge in [-0.25, -0.2) is 9.23 Å². The van der Waals surface area contributed by atoms with E-state index in [-0.39, 0.29) is 6.54 Å². The predicted molar refractivity (Wildman–Crippen MR) is 19.8 cm³/mol. The first-order chi connectivity index (χ1) is 2.41. The van der Waals surface area contributed by atoms with Gasteiger partial charge < -0.3 is 0 Å². The fourth-order valence-electron chi connectivity index (χ4n) is 0.0357. The van der Waals surface area contributed by atoms with Crippen LogP contribution in [0.4, 0.5) is 4.39 Å². The molecule has 0 fully saturated rings. The van der Waals surface area contributed by atoms with E-state index in [1.54, 1.807) is 0 Å². The van der Waals surface area contributed by atoms with Gasteiger partial charge in [0.05, 0.1) is 0 Å². The van der Waals surface area contributed by atoms with Crippen molar-refractivity contribution >= 4 is 11.8 Å². The van der Waals surface area contributed by atoms with Crippen LogP contribution in [0.3, 0.4) is 0 Å². The SMILES string of the molecule is FCCNCl. The van der Waals surface area contributed by atoms with Gasteiger partial charge in [0, 0.05) is 6.54 Å². The molecule has 0 saturated heterocycles. The van der Waals surface area contributed by atoms with Crippen molar-refractivity contribution in [3.05, 3.63) is 0 Å². The first-order valence-electron chi connectivity index (χ1n) is 1.31. The molecular formula is C2H5ClFN. The highest BCUT2D eigenvalue weighted by atomic mass is 35.5. The Morgan fingerprint density at radius 3 is 2.40 bits per heavy atom. The summed E-state index contributed by atoms with van der Waals surface area (Å²) >= 11 is 4.81. The van der Waals surface area contributed by atoms with Gasteiger partial charge in [-0.1, -0.05) is 0 Å².